The number of nitrogens with one attached hydrogen (secondary N) is 2. The van der Waals surface area contributed by atoms with Gasteiger partial charge in [-0.1, -0.05) is 6.07 Å². The molecule has 0 aliphatic carbocycles. The van der Waals surface area contributed by atoms with Gasteiger partial charge in [-0.05, 0) is 25.0 Å². The van der Waals surface area contributed by atoms with Crippen LogP contribution in [0.2, 0.25) is 0 Å². The van der Waals surface area contributed by atoms with E-state index in [1.54, 1.807) is 13.2 Å². The smallest absolute Gasteiger partial charge is 0.317 e. The molecule has 22 heavy (non-hydrogen) atoms. The van der Waals surface area contributed by atoms with E-state index in [1.165, 1.54) is 4.90 Å². The number of aromatic nitrogens is 1. The van der Waals surface area contributed by atoms with Crippen LogP contribution in [0.25, 0.3) is 0 Å². The van der Waals surface area contributed by atoms with Gasteiger partial charge in [0, 0.05) is 32.4 Å². The van der Waals surface area contributed by atoms with E-state index in [4.69, 9.17) is 0 Å². The molecule has 7 nitrogen and oxygen atoms in total. The van der Waals surface area contributed by atoms with Crippen LogP contribution in [-0.4, -0.2) is 62.0 Å². The molecular formula is C14H22N4O3S. The Labute approximate surface area is 131 Å². The minimum absolute atomic E-state index is 0.0676. The monoisotopic (exact) mass is 326 g/mol. The second kappa shape index (κ2) is 7.44. The van der Waals surface area contributed by atoms with Crippen molar-refractivity contribution in [3.63, 3.8) is 0 Å². The second-order valence-electron chi connectivity index (χ2n) is 5.40. The maximum absolute atomic E-state index is 12.0. The predicted molar refractivity (Wildman–Crippen MR) is 85.6 cm³/mol. The molecule has 2 amide bonds. The highest BCUT2D eigenvalue weighted by atomic mass is 32.2. The fourth-order valence-corrected chi connectivity index (χ4v) is 4.11. The van der Waals surface area contributed by atoms with Crippen LogP contribution in [0.3, 0.4) is 0 Å². The molecular weight excluding hydrogens is 304 g/mol. The second-order valence-corrected chi connectivity index (χ2v) is 7.62. The Morgan fingerprint density at radius 1 is 1.41 bits per heavy atom. The molecule has 1 fully saturated rings. The lowest BCUT2D eigenvalue weighted by atomic mass is 10.2. The first-order valence-electron chi connectivity index (χ1n) is 7.34. The van der Waals surface area contributed by atoms with Crippen LogP contribution in [0.5, 0.6) is 0 Å². The highest BCUT2D eigenvalue weighted by molar-refractivity contribution is 7.91. The fourth-order valence-electron chi connectivity index (χ4n) is 2.34. The SMILES string of the molecule is CN(C(=O)NCCCNc1ccccn1)[C@@H]1CCS(=O)(=O)C1. The first-order valence-corrected chi connectivity index (χ1v) is 9.16. The average molecular weight is 326 g/mol. The number of nitrogens with zero attached hydrogens (tertiary/aromatic N) is 2. The molecule has 1 atom stereocenters. The summed E-state index contributed by atoms with van der Waals surface area (Å²) in [5.74, 6) is 1.05. The third-order valence-corrected chi connectivity index (χ3v) is 5.43. The van der Waals surface area contributed by atoms with Crippen molar-refractivity contribution in [1.82, 2.24) is 15.2 Å². The van der Waals surface area contributed by atoms with Gasteiger partial charge >= 0.3 is 6.03 Å². The number of sulfone groups is 1. The number of anilines is 1. The molecule has 1 saturated heterocycles. The summed E-state index contributed by atoms with van der Waals surface area (Å²) in [6.07, 6.45) is 3.00. The van der Waals surface area contributed by atoms with Crippen molar-refractivity contribution in [2.24, 2.45) is 0 Å². The van der Waals surface area contributed by atoms with E-state index in [0.29, 0.717) is 19.5 Å². The molecule has 0 aromatic carbocycles. The minimum atomic E-state index is -2.97. The van der Waals surface area contributed by atoms with Gasteiger partial charge in [-0.2, -0.15) is 0 Å². The van der Waals surface area contributed by atoms with Crippen LogP contribution >= 0.6 is 0 Å². The molecule has 0 saturated carbocycles. The van der Waals surface area contributed by atoms with Crippen LogP contribution < -0.4 is 10.6 Å². The van der Waals surface area contributed by atoms with Crippen molar-refractivity contribution >= 4 is 21.7 Å². The lowest BCUT2D eigenvalue weighted by molar-refractivity contribution is 0.195. The molecule has 1 aromatic heterocycles. The number of hydrogen-bond donors (Lipinski definition) is 2. The first-order chi connectivity index (χ1) is 10.5. The molecule has 0 spiro atoms. The predicted octanol–water partition coefficient (Wildman–Crippen LogP) is 0.712. The highest BCUT2D eigenvalue weighted by Gasteiger charge is 2.32. The van der Waals surface area contributed by atoms with Crippen molar-refractivity contribution in [2.45, 2.75) is 18.9 Å². The maximum atomic E-state index is 12.0. The van der Waals surface area contributed by atoms with Gasteiger partial charge in [0.15, 0.2) is 9.84 Å². The van der Waals surface area contributed by atoms with E-state index in [1.807, 2.05) is 18.2 Å². The summed E-state index contributed by atoms with van der Waals surface area (Å²) in [5, 5.41) is 5.96. The number of amides is 2. The minimum Gasteiger partial charge on any atom is -0.370 e. The highest BCUT2D eigenvalue weighted by Crippen LogP contribution is 2.16. The van der Waals surface area contributed by atoms with Gasteiger partial charge in [-0.25, -0.2) is 18.2 Å². The molecule has 122 valence electrons. The van der Waals surface area contributed by atoms with Crippen LogP contribution in [-0.2, 0) is 9.84 Å². The summed E-state index contributed by atoms with van der Waals surface area (Å²) < 4.78 is 22.9. The topological polar surface area (TPSA) is 91.4 Å². The Morgan fingerprint density at radius 3 is 2.86 bits per heavy atom. The average Bonchev–Trinajstić information content (AvgIpc) is 2.87. The van der Waals surface area contributed by atoms with Crippen LogP contribution in [0.4, 0.5) is 10.6 Å². The largest absolute Gasteiger partial charge is 0.370 e. The number of hydrogen-bond acceptors (Lipinski definition) is 5. The van der Waals surface area contributed by atoms with Gasteiger partial charge in [-0.15, -0.1) is 0 Å². The van der Waals surface area contributed by atoms with Crippen LogP contribution in [0.1, 0.15) is 12.8 Å². The van der Waals surface area contributed by atoms with Gasteiger partial charge in [0.2, 0.25) is 0 Å². The van der Waals surface area contributed by atoms with E-state index < -0.39 is 9.84 Å². The van der Waals surface area contributed by atoms with Crippen molar-refractivity contribution in [1.29, 1.82) is 0 Å². The number of rotatable bonds is 6. The zero-order chi connectivity index (χ0) is 16.0. The first kappa shape index (κ1) is 16.5. The van der Waals surface area contributed by atoms with Gasteiger partial charge < -0.3 is 15.5 Å². The number of carbonyl (C=O) groups excluding carboxylic acids is 1. The molecule has 0 unspecified atom stereocenters. The van der Waals surface area contributed by atoms with Crippen molar-refractivity contribution in [3.05, 3.63) is 24.4 Å². The van der Waals surface area contributed by atoms with Crippen molar-refractivity contribution in [2.75, 3.05) is 37.0 Å². The molecule has 1 aliphatic heterocycles. The lowest BCUT2D eigenvalue weighted by Gasteiger charge is -2.23. The Hall–Kier alpha value is -1.83. The summed E-state index contributed by atoms with van der Waals surface area (Å²) in [7, 11) is -1.33. The Kier molecular flexibility index (Phi) is 5.59. The molecule has 8 heteroatoms. The van der Waals surface area contributed by atoms with Gasteiger partial charge in [-0.3, -0.25) is 0 Å². The number of urea groups is 1. The number of carbonyl (C=O) groups is 1. The van der Waals surface area contributed by atoms with Crippen molar-refractivity contribution < 1.29 is 13.2 Å². The summed E-state index contributed by atoms with van der Waals surface area (Å²) >= 11 is 0. The van der Waals surface area contributed by atoms with E-state index in [0.717, 1.165) is 12.2 Å². The maximum Gasteiger partial charge on any atom is 0.317 e. The Morgan fingerprint density at radius 2 is 2.23 bits per heavy atom. The molecule has 1 aliphatic rings. The van der Waals surface area contributed by atoms with E-state index in [-0.39, 0.29) is 23.6 Å². The Balaban J connectivity index is 1.63. The fraction of sp³-hybridized carbons (Fsp3) is 0.571. The molecule has 0 radical (unpaired) electrons. The molecule has 2 heterocycles. The Bertz CT molecular complexity index is 591. The van der Waals surface area contributed by atoms with Gasteiger partial charge in [0.25, 0.3) is 0 Å². The van der Waals surface area contributed by atoms with Crippen molar-refractivity contribution in [3.8, 4) is 0 Å². The third kappa shape index (κ3) is 4.87. The standard InChI is InChI=1S/C14H22N4O3S/c1-18(12-6-10-22(20,21)11-12)14(19)17-9-4-8-16-13-5-2-3-7-15-13/h2-3,5,7,12H,4,6,8-11H2,1H3,(H,15,16)(H,17,19)/t12-/m1/s1. The lowest BCUT2D eigenvalue weighted by Crippen LogP contribution is -2.44. The van der Waals surface area contributed by atoms with E-state index >= 15 is 0 Å². The number of pyridine rings is 1. The zero-order valence-corrected chi connectivity index (χ0v) is 13.5. The summed E-state index contributed by atoms with van der Waals surface area (Å²) in [6.45, 7) is 1.24. The van der Waals surface area contributed by atoms with Crippen LogP contribution in [0, 0.1) is 0 Å². The van der Waals surface area contributed by atoms with Gasteiger partial charge in [0.05, 0.1) is 11.5 Å². The molecule has 0 bridgehead atoms. The van der Waals surface area contributed by atoms with Gasteiger partial charge in [0.1, 0.15) is 5.82 Å². The third-order valence-electron chi connectivity index (χ3n) is 3.68. The summed E-state index contributed by atoms with van der Waals surface area (Å²) in [6, 6.07) is 5.20. The van der Waals surface area contributed by atoms with Crippen LogP contribution in [0.15, 0.2) is 24.4 Å². The normalized spacial score (nSPS) is 19.6. The molecule has 1 aromatic rings. The summed E-state index contributed by atoms with van der Waals surface area (Å²) in [4.78, 5) is 17.6. The summed E-state index contributed by atoms with van der Waals surface area (Å²) in [5.41, 5.74) is 0. The quantitative estimate of drug-likeness (QED) is 0.751. The molecule has 2 N–H and O–H groups in total. The van der Waals surface area contributed by atoms with E-state index in [9.17, 15) is 13.2 Å². The molecule has 2 rings (SSSR count). The zero-order valence-electron chi connectivity index (χ0n) is 12.7. The van der Waals surface area contributed by atoms with E-state index in [2.05, 4.69) is 15.6 Å².